The predicted molar refractivity (Wildman–Crippen MR) is 74.3 cm³/mol. The summed E-state index contributed by atoms with van der Waals surface area (Å²) in [5.41, 5.74) is 6.49. The van der Waals surface area contributed by atoms with Crippen LogP contribution in [0.2, 0.25) is 0 Å². The third-order valence-electron chi connectivity index (χ3n) is 3.61. The van der Waals surface area contributed by atoms with E-state index in [-0.39, 0.29) is 23.2 Å². The molecule has 1 heterocycles. The molecular formula is C13H19FN2O3S. The van der Waals surface area contributed by atoms with E-state index >= 15 is 0 Å². The first-order valence-corrected chi connectivity index (χ1v) is 7.89. The fourth-order valence-corrected chi connectivity index (χ4v) is 3.91. The lowest BCUT2D eigenvalue weighted by molar-refractivity contribution is 0.0571. The lowest BCUT2D eigenvalue weighted by Crippen LogP contribution is -2.43. The van der Waals surface area contributed by atoms with E-state index in [2.05, 4.69) is 0 Å². The average molecular weight is 302 g/mol. The number of anilines is 1. The lowest BCUT2D eigenvalue weighted by atomic mass is 10.1. The number of nitrogens with zero attached hydrogens (tertiary/aromatic N) is 1. The smallest absolute Gasteiger partial charge is 0.246 e. The summed E-state index contributed by atoms with van der Waals surface area (Å²) in [5.74, 6) is -0.767. The summed E-state index contributed by atoms with van der Waals surface area (Å²) in [5, 5.41) is 0. The Hall–Kier alpha value is -1.18. The van der Waals surface area contributed by atoms with E-state index in [0.29, 0.717) is 18.5 Å². The van der Waals surface area contributed by atoms with Gasteiger partial charge in [0, 0.05) is 25.9 Å². The van der Waals surface area contributed by atoms with Gasteiger partial charge < -0.3 is 10.5 Å². The summed E-state index contributed by atoms with van der Waals surface area (Å²) in [6, 6.07) is 2.34. The Morgan fingerprint density at radius 1 is 1.45 bits per heavy atom. The predicted octanol–water partition coefficient (Wildman–Crippen LogP) is 1.52. The number of halogens is 1. The molecule has 0 amide bonds. The van der Waals surface area contributed by atoms with Crippen molar-refractivity contribution in [1.29, 1.82) is 0 Å². The van der Waals surface area contributed by atoms with E-state index in [1.807, 2.05) is 0 Å². The lowest BCUT2D eigenvalue weighted by Gasteiger charge is -2.31. The number of hydrogen-bond donors (Lipinski definition) is 1. The summed E-state index contributed by atoms with van der Waals surface area (Å²) in [6.45, 7) is 2.25. The Labute approximate surface area is 118 Å². The van der Waals surface area contributed by atoms with Crippen LogP contribution in [0.15, 0.2) is 17.0 Å². The molecule has 2 N–H and O–H groups in total. The summed E-state index contributed by atoms with van der Waals surface area (Å²) in [6.07, 6.45) is 1.35. The number of sulfonamides is 1. The average Bonchev–Trinajstić information content (AvgIpc) is 2.42. The summed E-state index contributed by atoms with van der Waals surface area (Å²) in [7, 11) is -2.33. The van der Waals surface area contributed by atoms with Crippen molar-refractivity contribution in [2.45, 2.75) is 30.8 Å². The van der Waals surface area contributed by atoms with Gasteiger partial charge >= 0.3 is 0 Å². The summed E-state index contributed by atoms with van der Waals surface area (Å²) < 4.78 is 45.4. The molecule has 1 aliphatic heterocycles. The Morgan fingerprint density at radius 3 is 2.80 bits per heavy atom. The van der Waals surface area contributed by atoms with Crippen LogP contribution in [0.3, 0.4) is 0 Å². The molecule has 20 heavy (non-hydrogen) atoms. The van der Waals surface area contributed by atoms with Crippen molar-refractivity contribution in [3.63, 3.8) is 0 Å². The molecule has 0 aliphatic carbocycles. The van der Waals surface area contributed by atoms with Gasteiger partial charge in [-0.05, 0) is 37.5 Å². The van der Waals surface area contributed by atoms with E-state index in [9.17, 15) is 12.8 Å². The SMILES string of the molecule is COC1CCCN(S(=O)(=O)c2cc(N)c(C)cc2F)C1. The first kappa shape index (κ1) is 15.2. The highest BCUT2D eigenvalue weighted by molar-refractivity contribution is 7.89. The van der Waals surface area contributed by atoms with Crippen LogP contribution in [0.4, 0.5) is 10.1 Å². The van der Waals surface area contributed by atoms with Crippen LogP contribution in [-0.4, -0.2) is 39.0 Å². The number of methoxy groups -OCH3 is 1. The fraction of sp³-hybridized carbons (Fsp3) is 0.538. The zero-order valence-corrected chi connectivity index (χ0v) is 12.4. The normalized spacial score (nSPS) is 21.1. The molecule has 1 unspecified atom stereocenters. The van der Waals surface area contributed by atoms with Crippen LogP contribution < -0.4 is 5.73 Å². The first-order chi connectivity index (χ1) is 9.36. The molecule has 7 heteroatoms. The van der Waals surface area contributed by atoms with Crippen LogP contribution in [0.25, 0.3) is 0 Å². The Morgan fingerprint density at radius 2 is 2.15 bits per heavy atom. The Balaban J connectivity index is 2.37. The number of piperidine rings is 1. The van der Waals surface area contributed by atoms with Gasteiger partial charge in [-0.15, -0.1) is 0 Å². The van der Waals surface area contributed by atoms with Crippen molar-refractivity contribution in [3.8, 4) is 0 Å². The minimum absolute atomic E-state index is 0.149. The number of aryl methyl sites for hydroxylation is 1. The molecule has 0 saturated carbocycles. The Bertz CT molecular complexity index is 604. The van der Waals surface area contributed by atoms with Gasteiger partial charge in [-0.2, -0.15) is 4.31 Å². The minimum Gasteiger partial charge on any atom is -0.398 e. The monoisotopic (exact) mass is 302 g/mol. The van der Waals surface area contributed by atoms with Gasteiger partial charge in [0.2, 0.25) is 10.0 Å². The Kier molecular flexibility index (Phi) is 4.31. The summed E-state index contributed by atoms with van der Waals surface area (Å²) in [4.78, 5) is -0.364. The van der Waals surface area contributed by atoms with Crippen molar-refractivity contribution < 1.29 is 17.5 Å². The van der Waals surface area contributed by atoms with Gasteiger partial charge in [-0.1, -0.05) is 0 Å². The van der Waals surface area contributed by atoms with Crippen molar-refractivity contribution in [3.05, 3.63) is 23.5 Å². The molecule has 0 aromatic heterocycles. The molecule has 2 rings (SSSR count). The zero-order valence-electron chi connectivity index (χ0n) is 11.6. The number of nitrogens with two attached hydrogens (primary N) is 1. The molecule has 1 atom stereocenters. The van der Waals surface area contributed by atoms with E-state index in [1.54, 1.807) is 14.0 Å². The topological polar surface area (TPSA) is 72.6 Å². The molecule has 1 aliphatic rings. The summed E-state index contributed by atoms with van der Waals surface area (Å²) >= 11 is 0. The highest BCUT2D eigenvalue weighted by atomic mass is 32.2. The van der Waals surface area contributed by atoms with Gasteiger partial charge in [0.25, 0.3) is 0 Å². The van der Waals surface area contributed by atoms with Crippen LogP contribution in [-0.2, 0) is 14.8 Å². The molecule has 0 radical (unpaired) electrons. The van der Waals surface area contributed by atoms with Gasteiger partial charge in [0.05, 0.1) is 6.10 Å². The maximum atomic E-state index is 14.0. The highest BCUT2D eigenvalue weighted by Gasteiger charge is 2.32. The van der Waals surface area contributed by atoms with Gasteiger partial charge in [0.1, 0.15) is 10.7 Å². The maximum Gasteiger partial charge on any atom is 0.246 e. The molecule has 5 nitrogen and oxygen atoms in total. The number of benzene rings is 1. The van der Waals surface area contributed by atoms with E-state index in [0.717, 1.165) is 12.5 Å². The molecule has 0 bridgehead atoms. The van der Waals surface area contributed by atoms with Crippen molar-refractivity contribution in [2.24, 2.45) is 0 Å². The second-order valence-corrected chi connectivity index (χ2v) is 6.91. The fourth-order valence-electron chi connectivity index (χ4n) is 2.32. The van der Waals surface area contributed by atoms with Crippen LogP contribution in [0.1, 0.15) is 18.4 Å². The molecule has 0 spiro atoms. The van der Waals surface area contributed by atoms with Crippen LogP contribution in [0, 0.1) is 12.7 Å². The molecule has 112 valence electrons. The second-order valence-electron chi connectivity index (χ2n) is 5.00. The van der Waals surface area contributed by atoms with E-state index in [1.165, 1.54) is 10.4 Å². The first-order valence-electron chi connectivity index (χ1n) is 6.45. The minimum atomic E-state index is -3.88. The van der Waals surface area contributed by atoms with Crippen LogP contribution in [0.5, 0.6) is 0 Å². The van der Waals surface area contributed by atoms with Gasteiger partial charge in [0.15, 0.2) is 0 Å². The quantitative estimate of drug-likeness (QED) is 0.859. The maximum absolute atomic E-state index is 14.0. The van der Waals surface area contributed by atoms with Crippen molar-refractivity contribution in [1.82, 2.24) is 4.31 Å². The zero-order chi connectivity index (χ0) is 14.9. The molecule has 1 aromatic carbocycles. The molecule has 1 aromatic rings. The van der Waals surface area contributed by atoms with E-state index in [4.69, 9.17) is 10.5 Å². The number of hydrogen-bond acceptors (Lipinski definition) is 4. The third kappa shape index (κ3) is 2.79. The molecule has 1 saturated heterocycles. The van der Waals surface area contributed by atoms with E-state index < -0.39 is 15.8 Å². The standard InChI is InChI=1S/C13H19FN2O3S/c1-9-6-11(14)13(7-12(9)15)20(17,18)16-5-3-4-10(8-16)19-2/h6-7,10H,3-5,8,15H2,1-2H3. The third-order valence-corrected chi connectivity index (χ3v) is 5.49. The number of rotatable bonds is 3. The van der Waals surface area contributed by atoms with Crippen molar-refractivity contribution in [2.75, 3.05) is 25.9 Å². The number of ether oxygens (including phenoxy) is 1. The van der Waals surface area contributed by atoms with Gasteiger partial charge in [-0.3, -0.25) is 0 Å². The van der Waals surface area contributed by atoms with Gasteiger partial charge in [-0.25, -0.2) is 12.8 Å². The van der Waals surface area contributed by atoms with Crippen LogP contribution >= 0.6 is 0 Å². The largest absolute Gasteiger partial charge is 0.398 e. The molecular weight excluding hydrogens is 283 g/mol. The second kappa shape index (κ2) is 5.67. The highest BCUT2D eigenvalue weighted by Crippen LogP contribution is 2.27. The number of nitrogen functional groups attached to an aromatic ring is 1. The van der Waals surface area contributed by atoms with Crippen molar-refractivity contribution >= 4 is 15.7 Å². The molecule has 1 fully saturated rings.